The molecule has 0 aromatic carbocycles. The highest BCUT2D eigenvalue weighted by Crippen LogP contribution is 2.25. The Kier molecular flexibility index (Phi) is 4.59. The fraction of sp³-hybridized carbons (Fsp3) is 0.846. The Morgan fingerprint density at radius 3 is 2.44 bits per heavy atom. The molecule has 1 rings (SSSR count). The lowest BCUT2D eigenvalue weighted by molar-refractivity contribution is -0.142. The smallest absolute Gasteiger partial charge is 0.410 e. The molecule has 104 valence electrons. The van der Waals surface area contributed by atoms with E-state index in [4.69, 9.17) is 9.84 Å². The Hall–Kier alpha value is -1.26. The topological polar surface area (TPSA) is 66.8 Å². The Morgan fingerprint density at radius 2 is 1.94 bits per heavy atom. The van der Waals surface area contributed by atoms with Crippen LogP contribution in [0.3, 0.4) is 0 Å². The van der Waals surface area contributed by atoms with Crippen molar-refractivity contribution in [1.29, 1.82) is 0 Å². The highest BCUT2D eigenvalue weighted by molar-refractivity contribution is 5.81. The number of likely N-dealkylation sites (tertiary alicyclic amines) is 1. The number of carbonyl (C=O) groups excluding carboxylic acids is 1. The van der Waals surface area contributed by atoms with Gasteiger partial charge in [-0.2, -0.15) is 0 Å². The van der Waals surface area contributed by atoms with Crippen molar-refractivity contribution in [2.24, 2.45) is 5.41 Å². The maximum Gasteiger partial charge on any atom is 0.410 e. The van der Waals surface area contributed by atoms with Crippen LogP contribution in [0.5, 0.6) is 0 Å². The molecule has 0 aromatic heterocycles. The Bertz CT molecular complexity index is 321. The summed E-state index contributed by atoms with van der Waals surface area (Å²) in [5.74, 6) is -0.952. The van der Waals surface area contributed by atoms with Crippen LogP contribution in [0.1, 0.15) is 47.0 Å². The van der Waals surface area contributed by atoms with E-state index in [9.17, 15) is 9.59 Å². The monoisotopic (exact) mass is 257 g/mol. The van der Waals surface area contributed by atoms with Crippen LogP contribution < -0.4 is 0 Å². The third-order valence-electron chi connectivity index (χ3n) is 3.24. The summed E-state index contributed by atoms with van der Waals surface area (Å²) in [6, 6.07) is -0.796. The van der Waals surface area contributed by atoms with Crippen LogP contribution in [0, 0.1) is 5.41 Å². The van der Waals surface area contributed by atoms with Crippen molar-refractivity contribution >= 4 is 12.1 Å². The lowest BCUT2D eigenvalue weighted by Crippen LogP contribution is -2.44. The van der Waals surface area contributed by atoms with Crippen LogP contribution in [-0.2, 0) is 9.53 Å². The van der Waals surface area contributed by atoms with Gasteiger partial charge in [0.05, 0.1) is 6.61 Å². The predicted molar refractivity (Wildman–Crippen MR) is 67.4 cm³/mol. The molecule has 1 fully saturated rings. The van der Waals surface area contributed by atoms with Crippen LogP contribution in [0.2, 0.25) is 0 Å². The maximum absolute atomic E-state index is 11.9. The van der Waals surface area contributed by atoms with Gasteiger partial charge in [0.25, 0.3) is 0 Å². The van der Waals surface area contributed by atoms with Crippen molar-refractivity contribution < 1.29 is 19.4 Å². The molecule has 1 saturated heterocycles. The summed E-state index contributed by atoms with van der Waals surface area (Å²) in [4.78, 5) is 24.3. The highest BCUT2D eigenvalue weighted by atomic mass is 16.6. The van der Waals surface area contributed by atoms with Gasteiger partial charge in [-0.1, -0.05) is 20.8 Å². The lowest BCUT2D eigenvalue weighted by Gasteiger charge is -2.26. The van der Waals surface area contributed by atoms with Gasteiger partial charge in [0.1, 0.15) is 6.04 Å². The molecule has 0 bridgehead atoms. The number of ether oxygens (including phenoxy) is 1. The zero-order valence-electron chi connectivity index (χ0n) is 11.6. The van der Waals surface area contributed by atoms with Gasteiger partial charge in [-0.05, 0) is 31.6 Å². The standard InChI is InChI=1S/C13H23NO4/c1-9-5-6-10(11(15)16)14(9)12(17)18-8-7-13(2,3)4/h9-10H,5-8H2,1-4H3,(H,15,16). The molecule has 0 aliphatic carbocycles. The first-order chi connectivity index (χ1) is 8.22. The largest absolute Gasteiger partial charge is 0.480 e. The van der Waals surface area contributed by atoms with Crippen molar-refractivity contribution in [2.45, 2.75) is 59.0 Å². The first-order valence-electron chi connectivity index (χ1n) is 6.40. The number of carboxylic acid groups (broad SMARTS) is 1. The number of amides is 1. The van der Waals surface area contributed by atoms with E-state index in [0.29, 0.717) is 19.4 Å². The summed E-state index contributed by atoms with van der Waals surface area (Å²) in [6.45, 7) is 8.39. The molecule has 0 saturated carbocycles. The van der Waals surface area contributed by atoms with Crippen molar-refractivity contribution in [1.82, 2.24) is 4.90 Å². The fourth-order valence-electron chi connectivity index (χ4n) is 2.05. The van der Waals surface area contributed by atoms with E-state index in [-0.39, 0.29) is 11.5 Å². The summed E-state index contributed by atoms with van der Waals surface area (Å²) in [7, 11) is 0. The minimum absolute atomic E-state index is 0.0618. The summed E-state index contributed by atoms with van der Waals surface area (Å²) in [6.07, 6.45) is 1.48. The van der Waals surface area contributed by atoms with E-state index >= 15 is 0 Å². The van der Waals surface area contributed by atoms with Crippen molar-refractivity contribution in [3.63, 3.8) is 0 Å². The molecular formula is C13H23NO4. The molecule has 0 aromatic rings. The van der Waals surface area contributed by atoms with E-state index < -0.39 is 18.1 Å². The van der Waals surface area contributed by atoms with Gasteiger partial charge in [0.15, 0.2) is 0 Å². The highest BCUT2D eigenvalue weighted by Gasteiger charge is 2.39. The lowest BCUT2D eigenvalue weighted by atomic mass is 9.93. The first kappa shape index (κ1) is 14.8. The second-order valence-corrected chi connectivity index (χ2v) is 6.11. The van der Waals surface area contributed by atoms with Crippen molar-refractivity contribution in [3.8, 4) is 0 Å². The van der Waals surface area contributed by atoms with E-state index in [0.717, 1.165) is 6.42 Å². The molecule has 1 heterocycles. The normalized spacial score (nSPS) is 24.1. The van der Waals surface area contributed by atoms with Crippen molar-refractivity contribution in [3.05, 3.63) is 0 Å². The summed E-state index contributed by atoms with van der Waals surface area (Å²) >= 11 is 0. The van der Waals surface area contributed by atoms with E-state index in [2.05, 4.69) is 20.8 Å². The van der Waals surface area contributed by atoms with Gasteiger partial charge in [0.2, 0.25) is 0 Å². The number of aliphatic carboxylic acids is 1. The van der Waals surface area contributed by atoms with Gasteiger partial charge in [-0.15, -0.1) is 0 Å². The molecule has 5 nitrogen and oxygen atoms in total. The number of carboxylic acids is 1. The summed E-state index contributed by atoms with van der Waals surface area (Å²) in [5, 5.41) is 9.06. The van der Waals surface area contributed by atoms with E-state index in [1.165, 1.54) is 4.90 Å². The average Bonchev–Trinajstić information content (AvgIpc) is 2.58. The molecule has 1 aliphatic heterocycles. The van der Waals surface area contributed by atoms with Crippen LogP contribution in [0.4, 0.5) is 4.79 Å². The van der Waals surface area contributed by atoms with E-state index in [1.54, 1.807) is 0 Å². The Morgan fingerprint density at radius 1 is 1.33 bits per heavy atom. The Balaban J connectivity index is 2.51. The molecular weight excluding hydrogens is 234 g/mol. The second-order valence-electron chi connectivity index (χ2n) is 6.11. The number of rotatable bonds is 3. The molecule has 2 unspecified atom stereocenters. The SMILES string of the molecule is CC1CCC(C(=O)O)N1C(=O)OCCC(C)(C)C. The van der Waals surface area contributed by atoms with Crippen LogP contribution in [-0.4, -0.2) is 40.8 Å². The number of hydrogen-bond donors (Lipinski definition) is 1. The van der Waals surface area contributed by atoms with Gasteiger partial charge in [-0.3, -0.25) is 4.90 Å². The van der Waals surface area contributed by atoms with Gasteiger partial charge >= 0.3 is 12.1 Å². The molecule has 1 aliphatic rings. The molecule has 5 heteroatoms. The Labute approximate surface area is 108 Å². The third kappa shape index (κ3) is 3.89. The zero-order chi connectivity index (χ0) is 13.9. The third-order valence-corrected chi connectivity index (χ3v) is 3.24. The van der Waals surface area contributed by atoms with Gasteiger partial charge in [-0.25, -0.2) is 9.59 Å². The van der Waals surface area contributed by atoms with Crippen LogP contribution in [0.25, 0.3) is 0 Å². The molecule has 18 heavy (non-hydrogen) atoms. The minimum atomic E-state index is -0.952. The molecule has 0 radical (unpaired) electrons. The number of hydrogen-bond acceptors (Lipinski definition) is 3. The second kappa shape index (κ2) is 5.59. The van der Waals surface area contributed by atoms with Crippen LogP contribution in [0.15, 0.2) is 0 Å². The predicted octanol–water partition coefficient (Wildman–Crippen LogP) is 2.50. The quantitative estimate of drug-likeness (QED) is 0.843. The average molecular weight is 257 g/mol. The zero-order valence-corrected chi connectivity index (χ0v) is 11.6. The molecule has 1 amide bonds. The van der Waals surface area contributed by atoms with Gasteiger partial charge < -0.3 is 9.84 Å². The van der Waals surface area contributed by atoms with Gasteiger partial charge in [0, 0.05) is 6.04 Å². The summed E-state index contributed by atoms with van der Waals surface area (Å²) < 4.78 is 5.18. The molecule has 0 spiro atoms. The number of nitrogens with zero attached hydrogens (tertiary/aromatic N) is 1. The first-order valence-corrected chi connectivity index (χ1v) is 6.40. The fourth-order valence-corrected chi connectivity index (χ4v) is 2.05. The number of carbonyl (C=O) groups is 2. The van der Waals surface area contributed by atoms with E-state index in [1.807, 2.05) is 6.92 Å². The van der Waals surface area contributed by atoms with Crippen LogP contribution >= 0.6 is 0 Å². The minimum Gasteiger partial charge on any atom is -0.480 e. The molecule has 2 atom stereocenters. The summed E-state index contributed by atoms with van der Waals surface area (Å²) in [5.41, 5.74) is 0.100. The van der Waals surface area contributed by atoms with Crippen molar-refractivity contribution in [2.75, 3.05) is 6.61 Å². The molecule has 1 N–H and O–H groups in total. The maximum atomic E-state index is 11.9.